The summed E-state index contributed by atoms with van der Waals surface area (Å²) < 4.78 is 1.05. The third-order valence-electron chi connectivity index (χ3n) is 3.28. The molecule has 1 aliphatic carbocycles. The van der Waals surface area contributed by atoms with Crippen molar-refractivity contribution in [1.82, 2.24) is 0 Å². The summed E-state index contributed by atoms with van der Waals surface area (Å²) in [5, 5.41) is 0. The molecule has 0 spiro atoms. The number of carbonyl (C=O) groups excluding carboxylic acids is 1. The molecule has 1 atom stereocenters. The highest BCUT2D eigenvalue weighted by molar-refractivity contribution is 9.10. The largest absolute Gasteiger partial charge is 0.298 e. The van der Waals surface area contributed by atoms with Gasteiger partial charge in [0, 0.05) is 10.9 Å². The molecule has 1 aromatic carbocycles. The highest BCUT2D eigenvalue weighted by Crippen LogP contribution is 2.39. The number of Topliss-reactive ketones (excluding diaryl/α,β-unsaturated/α-hetero) is 1. The van der Waals surface area contributed by atoms with Crippen LogP contribution < -0.4 is 0 Å². The van der Waals surface area contributed by atoms with Crippen LogP contribution in [0.3, 0.4) is 0 Å². The van der Waals surface area contributed by atoms with E-state index in [0.29, 0.717) is 12.2 Å². The Balaban J connectivity index is 2.47. The van der Waals surface area contributed by atoms with Crippen molar-refractivity contribution < 1.29 is 4.79 Å². The molecule has 2 rings (SSSR count). The average Bonchev–Trinajstić information content (AvgIpc) is 2.63. The molecule has 2 heteroatoms. The van der Waals surface area contributed by atoms with E-state index < -0.39 is 0 Å². The Kier molecular flexibility index (Phi) is 3.29. The zero-order valence-corrected chi connectivity index (χ0v) is 11.0. The molecule has 0 saturated heterocycles. The van der Waals surface area contributed by atoms with E-state index in [1.165, 1.54) is 0 Å². The minimum atomic E-state index is -0.352. The highest BCUT2D eigenvalue weighted by atomic mass is 79.9. The monoisotopic (exact) mass is 278 g/mol. The van der Waals surface area contributed by atoms with Gasteiger partial charge in [-0.1, -0.05) is 40.2 Å². The Labute approximate surface area is 105 Å². The van der Waals surface area contributed by atoms with Crippen molar-refractivity contribution in [1.29, 1.82) is 0 Å². The first-order valence-electron chi connectivity index (χ1n) is 5.62. The van der Waals surface area contributed by atoms with Crippen LogP contribution >= 0.6 is 15.9 Å². The molecule has 0 aromatic heterocycles. The van der Waals surface area contributed by atoms with Crippen molar-refractivity contribution in [2.45, 2.75) is 31.6 Å². The van der Waals surface area contributed by atoms with Crippen LogP contribution in [0.5, 0.6) is 0 Å². The smallest absolute Gasteiger partial charge is 0.147 e. The summed E-state index contributed by atoms with van der Waals surface area (Å²) in [5.74, 6) is 0.355. The van der Waals surface area contributed by atoms with Gasteiger partial charge < -0.3 is 0 Å². The molecule has 16 heavy (non-hydrogen) atoms. The van der Waals surface area contributed by atoms with Gasteiger partial charge in [0.25, 0.3) is 0 Å². The van der Waals surface area contributed by atoms with E-state index in [4.69, 9.17) is 0 Å². The van der Waals surface area contributed by atoms with E-state index in [2.05, 4.69) is 22.0 Å². The maximum atomic E-state index is 12.1. The number of halogens is 1. The van der Waals surface area contributed by atoms with Crippen LogP contribution in [0.25, 0.3) is 0 Å². The number of benzene rings is 1. The molecule has 0 N–H and O–H groups in total. The molecule has 1 aromatic rings. The second-order valence-corrected chi connectivity index (χ2v) is 5.17. The minimum Gasteiger partial charge on any atom is -0.298 e. The average molecular weight is 279 g/mol. The number of ketones is 1. The van der Waals surface area contributed by atoms with Gasteiger partial charge in [-0.05, 0) is 37.5 Å². The summed E-state index contributed by atoms with van der Waals surface area (Å²) in [4.78, 5) is 12.1. The van der Waals surface area contributed by atoms with Crippen molar-refractivity contribution >= 4 is 21.7 Å². The normalized spacial score (nSPS) is 25.5. The van der Waals surface area contributed by atoms with Crippen LogP contribution in [0.1, 0.15) is 31.7 Å². The van der Waals surface area contributed by atoms with Gasteiger partial charge in [-0.2, -0.15) is 0 Å². The Morgan fingerprint density at radius 3 is 2.50 bits per heavy atom. The van der Waals surface area contributed by atoms with E-state index in [-0.39, 0.29) is 5.41 Å². The topological polar surface area (TPSA) is 17.1 Å². The molecule has 1 nitrogen and oxygen atoms in total. The lowest BCUT2D eigenvalue weighted by Gasteiger charge is -2.24. The fourth-order valence-electron chi connectivity index (χ4n) is 2.50. The summed E-state index contributed by atoms with van der Waals surface area (Å²) in [5.41, 5.74) is 0.770. The molecule has 0 heterocycles. The SMILES string of the molecule is C/C=C/[C@]1(c2ccc(Br)cc2)CCCC1=O. The first-order chi connectivity index (χ1) is 7.69. The first kappa shape index (κ1) is 11.6. The van der Waals surface area contributed by atoms with E-state index in [1.54, 1.807) is 0 Å². The van der Waals surface area contributed by atoms with Crippen LogP contribution in [0.15, 0.2) is 40.9 Å². The second-order valence-electron chi connectivity index (χ2n) is 4.25. The van der Waals surface area contributed by atoms with Gasteiger partial charge in [0.15, 0.2) is 0 Å². The van der Waals surface area contributed by atoms with Crippen LogP contribution in [0.4, 0.5) is 0 Å². The van der Waals surface area contributed by atoms with Crippen LogP contribution in [-0.2, 0) is 10.2 Å². The Morgan fingerprint density at radius 1 is 1.31 bits per heavy atom. The van der Waals surface area contributed by atoms with Gasteiger partial charge in [0.1, 0.15) is 5.78 Å². The van der Waals surface area contributed by atoms with Crippen LogP contribution in [0.2, 0.25) is 0 Å². The zero-order chi connectivity index (χ0) is 11.6. The third-order valence-corrected chi connectivity index (χ3v) is 3.81. The van der Waals surface area contributed by atoms with E-state index in [9.17, 15) is 4.79 Å². The summed E-state index contributed by atoms with van der Waals surface area (Å²) in [6.45, 7) is 1.98. The van der Waals surface area contributed by atoms with Crippen molar-refractivity contribution in [3.05, 3.63) is 46.5 Å². The summed E-state index contributed by atoms with van der Waals surface area (Å²) >= 11 is 3.42. The second kappa shape index (κ2) is 4.54. The van der Waals surface area contributed by atoms with Gasteiger partial charge in [-0.3, -0.25) is 4.79 Å². The van der Waals surface area contributed by atoms with Crippen molar-refractivity contribution in [3.8, 4) is 0 Å². The standard InChI is InChI=1S/C14H15BrO/c1-2-9-14(10-3-4-13(14)16)11-5-7-12(15)8-6-11/h2,5-9H,3-4,10H2,1H3/b9-2+/t14-/m1/s1. The number of hydrogen-bond donors (Lipinski definition) is 0. The lowest BCUT2D eigenvalue weighted by atomic mass is 9.78. The van der Waals surface area contributed by atoms with E-state index in [1.807, 2.05) is 37.3 Å². The Bertz CT molecular complexity index is 419. The molecule has 1 saturated carbocycles. The summed E-state index contributed by atoms with van der Waals surface area (Å²) in [6.07, 6.45) is 6.70. The maximum Gasteiger partial charge on any atom is 0.147 e. The van der Waals surface area contributed by atoms with Gasteiger partial charge in [-0.15, -0.1) is 0 Å². The number of hydrogen-bond acceptors (Lipinski definition) is 1. The molecule has 1 fully saturated rings. The van der Waals surface area contributed by atoms with Gasteiger partial charge in [0.2, 0.25) is 0 Å². The highest BCUT2D eigenvalue weighted by Gasteiger charge is 2.40. The van der Waals surface area contributed by atoms with Crippen molar-refractivity contribution in [3.63, 3.8) is 0 Å². The Hall–Kier alpha value is -0.890. The molecule has 0 unspecified atom stereocenters. The van der Waals surface area contributed by atoms with E-state index >= 15 is 0 Å². The van der Waals surface area contributed by atoms with Crippen molar-refractivity contribution in [2.24, 2.45) is 0 Å². The molecular weight excluding hydrogens is 264 g/mol. The first-order valence-corrected chi connectivity index (χ1v) is 6.41. The summed E-state index contributed by atoms with van der Waals surface area (Å²) in [6, 6.07) is 8.11. The lowest BCUT2D eigenvalue weighted by Crippen LogP contribution is -2.28. The van der Waals surface area contributed by atoms with Crippen molar-refractivity contribution in [2.75, 3.05) is 0 Å². The molecule has 0 radical (unpaired) electrons. The predicted octanol–water partition coefficient (Wildman–Crippen LogP) is 4.02. The molecule has 0 bridgehead atoms. The molecule has 0 aliphatic heterocycles. The zero-order valence-electron chi connectivity index (χ0n) is 9.37. The fourth-order valence-corrected chi connectivity index (χ4v) is 2.76. The molecular formula is C14H15BrO. The quantitative estimate of drug-likeness (QED) is 0.747. The predicted molar refractivity (Wildman–Crippen MR) is 69.5 cm³/mol. The fraction of sp³-hybridized carbons (Fsp3) is 0.357. The van der Waals surface area contributed by atoms with Gasteiger partial charge >= 0.3 is 0 Å². The maximum absolute atomic E-state index is 12.1. The number of carbonyl (C=O) groups is 1. The Morgan fingerprint density at radius 2 is 2.00 bits per heavy atom. The van der Waals surface area contributed by atoms with Crippen LogP contribution in [0, 0.1) is 0 Å². The van der Waals surface area contributed by atoms with Gasteiger partial charge in [0.05, 0.1) is 5.41 Å². The number of allylic oxidation sites excluding steroid dienone is 2. The minimum absolute atomic E-state index is 0.352. The lowest BCUT2D eigenvalue weighted by molar-refractivity contribution is -0.120. The molecule has 0 amide bonds. The number of rotatable bonds is 2. The van der Waals surface area contributed by atoms with Crippen LogP contribution in [-0.4, -0.2) is 5.78 Å². The molecule has 1 aliphatic rings. The van der Waals surface area contributed by atoms with Gasteiger partial charge in [-0.25, -0.2) is 0 Å². The van der Waals surface area contributed by atoms with E-state index in [0.717, 1.165) is 22.9 Å². The summed E-state index contributed by atoms with van der Waals surface area (Å²) in [7, 11) is 0. The third kappa shape index (κ3) is 1.86. The molecule has 84 valence electrons.